The molecule has 282 valence electrons. The number of phenols is 2. The number of carbonyl (C=O) groups is 2. The van der Waals surface area contributed by atoms with Crippen molar-refractivity contribution in [1.82, 2.24) is 4.90 Å². The standard InChI is InChI=1S/C40H54N4O8/c1-18(2)32(45)22(7)33(46)20(5)12-11-13-21(6)38(50)41-31-30-29(42-40(43-30)16-24-14-15-25(17-40)44(24)10)26-27(35(31)48)34(47)23(8)36-28(26)37(49)39(9,52-36)51-19(3)4/h11-13,18-20,22,24-25,32-33,45-48H,14-17H2,1-10H3,(H,41,50)/b12-11+,21-13-/t20-,22-,24?,25?,32-,33-,39-,40?/m0/s1. The van der Waals surface area contributed by atoms with Gasteiger partial charge in [0.1, 0.15) is 22.5 Å². The lowest BCUT2D eigenvalue weighted by Crippen LogP contribution is -2.47. The molecule has 2 fully saturated rings. The molecule has 0 radical (unpaired) electrons. The Balaban J connectivity index is 1.44. The van der Waals surface area contributed by atoms with Gasteiger partial charge in [-0.25, -0.2) is 0 Å². The molecule has 12 heteroatoms. The molecular weight excluding hydrogens is 664 g/mol. The molecule has 2 bridgehead atoms. The molecule has 0 aromatic heterocycles. The van der Waals surface area contributed by atoms with E-state index in [0.29, 0.717) is 23.8 Å². The number of hydrogen-bond acceptors (Lipinski definition) is 11. The van der Waals surface area contributed by atoms with E-state index in [0.717, 1.165) is 12.8 Å². The van der Waals surface area contributed by atoms with Crippen LogP contribution in [-0.2, 0) is 9.53 Å². The smallest absolute Gasteiger partial charge is 0.272 e. The SMILES string of the molecule is C/C(=C/C=C/[C@H](C)[C@H](O)[C@@H](C)[C@@H](O)C(C)C)C(=O)Nc1c(O)c2c(O)c(C)c3c(c2c2c1=NC1(CC4CCC(C1)N4C)N=2)C(=O)[C@@](C)(OC(C)C)O3. The van der Waals surface area contributed by atoms with Crippen LogP contribution in [0.25, 0.3) is 10.8 Å². The van der Waals surface area contributed by atoms with Crippen LogP contribution in [0.4, 0.5) is 5.69 Å². The molecule has 2 aromatic carbocycles. The van der Waals surface area contributed by atoms with Crippen LogP contribution in [0.5, 0.6) is 17.2 Å². The number of aromatic hydroxyl groups is 2. The molecule has 52 heavy (non-hydrogen) atoms. The fraction of sp³-hybridized carbons (Fsp3) is 0.600. The van der Waals surface area contributed by atoms with Gasteiger partial charge in [-0.15, -0.1) is 0 Å². The van der Waals surface area contributed by atoms with E-state index in [1.807, 2.05) is 27.7 Å². The van der Waals surface area contributed by atoms with E-state index in [9.17, 15) is 30.0 Å². The predicted molar refractivity (Wildman–Crippen MR) is 197 cm³/mol. The molecule has 0 aliphatic carbocycles. The summed E-state index contributed by atoms with van der Waals surface area (Å²) in [5.41, 5.74) is -0.173. The first-order valence-electron chi connectivity index (χ1n) is 18.5. The fourth-order valence-electron chi connectivity index (χ4n) is 8.57. The number of Topliss-reactive ketones (excluding diaryl/α,β-unsaturated/α-hetero) is 1. The molecular formula is C40H54N4O8. The first-order chi connectivity index (χ1) is 24.3. The number of aliphatic hydroxyl groups excluding tert-OH is 2. The van der Waals surface area contributed by atoms with E-state index in [-0.39, 0.29) is 80.4 Å². The van der Waals surface area contributed by atoms with Crippen molar-refractivity contribution in [3.8, 4) is 17.2 Å². The van der Waals surface area contributed by atoms with Gasteiger partial charge in [-0.1, -0.05) is 45.9 Å². The summed E-state index contributed by atoms with van der Waals surface area (Å²) in [6, 6.07) is 0.504. The highest BCUT2D eigenvalue weighted by Gasteiger charge is 2.51. The zero-order valence-electron chi connectivity index (χ0n) is 31.9. The van der Waals surface area contributed by atoms with Gasteiger partial charge in [-0.2, -0.15) is 0 Å². The van der Waals surface area contributed by atoms with E-state index in [2.05, 4.69) is 17.3 Å². The lowest BCUT2D eigenvalue weighted by atomic mass is 9.85. The Morgan fingerprint density at radius 3 is 2.21 bits per heavy atom. The van der Waals surface area contributed by atoms with Crippen molar-refractivity contribution in [3.05, 3.63) is 45.6 Å². The van der Waals surface area contributed by atoms with Gasteiger partial charge in [-0.05, 0) is 53.5 Å². The van der Waals surface area contributed by atoms with Crippen LogP contribution in [0.3, 0.4) is 0 Å². The number of hydrogen-bond donors (Lipinski definition) is 5. The van der Waals surface area contributed by atoms with Gasteiger partial charge in [0.05, 0.1) is 34.6 Å². The normalized spacial score (nSPS) is 27.9. The van der Waals surface area contributed by atoms with Crippen molar-refractivity contribution in [2.45, 2.75) is 130 Å². The Morgan fingerprint density at radius 1 is 1.00 bits per heavy atom. The minimum atomic E-state index is -1.66. The first kappa shape index (κ1) is 37.9. The van der Waals surface area contributed by atoms with Crippen LogP contribution >= 0.6 is 0 Å². The number of ketones is 1. The number of amides is 1. The quantitative estimate of drug-likeness (QED) is 0.134. The molecule has 2 saturated heterocycles. The van der Waals surface area contributed by atoms with E-state index in [4.69, 9.17) is 19.5 Å². The van der Waals surface area contributed by atoms with E-state index < -0.39 is 41.1 Å². The largest absolute Gasteiger partial charge is 0.507 e. The highest BCUT2D eigenvalue weighted by Crippen LogP contribution is 2.50. The maximum atomic E-state index is 14.2. The summed E-state index contributed by atoms with van der Waals surface area (Å²) >= 11 is 0. The van der Waals surface area contributed by atoms with Crippen molar-refractivity contribution in [2.75, 3.05) is 12.4 Å². The Hall–Kier alpha value is -3.84. The van der Waals surface area contributed by atoms with Crippen LogP contribution < -0.4 is 20.8 Å². The van der Waals surface area contributed by atoms with Gasteiger partial charge in [0, 0.05) is 60.2 Å². The minimum absolute atomic E-state index is 0.00127. The van der Waals surface area contributed by atoms with Gasteiger partial charge >= 0.3 is 0 Å². The van der Waals surface area contributed by atoms with Gasteiger partial charge < -0.3 is 40.1 Å². The zero-order chi connectivity index (χ0) is 38.2. The third-order valence-corrected chi connectivity index (χ3v) is 11.6. The van der Waals surface area contributed by atoms with Crippen LogP contribution in [0.1, 0.15) is 97.0 Å². The number of carbonyl (C=O) groups excluding carboxylic acids is 2. The van der Waals surface area contributed by atoms with Crippen molar-refractivity contribution in [1.29, 1.82) is 0 Å². The second-order valence-electron chi connectivity index (χ2n) is 16.2. The number of phenolic OH excluding ortho intramolecular Hbond substituents is 2. The molecule has 4 aliphatic rings. The number of allylic oxidation sites excluding steroid dienone is 2. The Kier molecular flexibility index (Phi) is 9.87. The maximum Gasteiger partial charge on any atom is 0.272 e. The molecule has 6 rings (SSSR count). The average molecular weight is 719 g/mol. The Bertz CT molecular complexity index is 1990. The molecule has 4 heterocycles. The highest BCUT2D eigenvalue weighted by atomic mass is 16.7. The predicted octanol–water partition coefficient (Wildman–Crippen LogP) is 4.57. The lowest BCUT2D eigenvalue weighted by molar-refractivity contribution is -0.150. The van der Waals surface area contributed by atoms with Gasteiger partial charge in [0.25, 0.3) is 11.7 Å². The second kappa shape index (κ2) is 13.5. The van der Waals surface area contributed by atoms with Crippen molar-refractivity contribution in [3.63, 3.8) is 0 Å². The topological polar surface area (TPSA) is 174 Å². The van der Waals surface area contributed by atoms with Gasteiger partial charge in [0.2, 0.25) is 5.78 Å². The van der Waals surface area contributed by atoms with Crippen LogP contribution in [0.15, 0.2) is 33.8 Å². The van der Waals surface area contributed by atoms with E-state index in [1.54, 1.807) is 52.8 Å². The number of rotatable bonds is 10. The van der Waals surface area contributed by atoms with Crippen molar-refractivity contribution >= 4 is 28.2 Å². The zero-order valence-corrected chi connectivity index (χ0v) is 31.9. The fourth-order valence-corrected chi connectivity index (χ4v) is 8.57. The number of benzene rings is 2. The molecule has 5 N–H and O–H groups in total. The summed E-state index contributed by atoms with van der Waals surface area (Å²) in [6.45, 7) is 15.8. The maximum absolute atomic E-state index is 14.2. The summed E-state index contributed by atoms with van der Waals surface area (Å²) in [5.74, 6) is -3.84. The molecule has 1 amide bonds. The summed E-state index contributed by atoms with van der Waals surface area (Å²) in [7, 11) is 2.12. The Labute approximate surface area is 304 Å². The molecule has 2 unspecified atom stereocenters. The summed E-state index contributed by atoms with van der Waals surface area (Å²) in [5, 5.41) is 48.5. The molecule has 4 aliphatic heterocycles. The van der Waals surface area contributed by atoms with Crippen LogP contribution in [0.2, 0.25) is 0 Å². The van der Waals surface area contributed by atoms with Crippen molar-refractivity contribution in [2.24, 2.45) is 27.7 Å². The number of piperidine rings is 1. The first-order valence-corrected chi connectivity index (χ1v) is 18.5. The second-order valence-corrected chi connectivity index (χ2v) is 16.2. The monoisotopic (exact) mass is 718 g/mol. The average Bonchev–Trinajstić information content (AvgIpc) is 3.64. The third kappa shape index (κ3) is 6.21. The Morgan fingerprint density at radius 2 is 1.62 bits per heavy atom. The number of aliphatic hydroxyl groups is 2. The van der Waals surface area contributed by atoms with Crippen LogP contribution in [0, 0.1) is 24.7 Å². The summed E-state index contributed by atoms with van der Waals surface area (Å²) in [6.07, 6.45) is 6.57. The van der Waals surface area contributed by atoms with Gasteiger partial charge in [0.15, 0.2) is 11.4 Å². The van der Waals surface area contributed by atoms with Crippen LogP contribution in [-0.4, -0.2) is 85.9 Å². The number of anilines is 1. The third-order valence-electron chi connectivity index (χ3n) is 11.6. The van der Waals surface area contributed by atoms with Crippen molar-refractivity contribution < 1.29 is 39.5 Å². The highest BCUT2D eigenvalue weighted by molar-refractivity contribution is 6.19. The molecule has 12 nitrogen and oxygen atoms in total. The molecule has 0 saturated carbocycles. The number of fused-ring (bicyclic) bond motifs is 7. The molecule has 7 atom stereocenters. The number of nitrogens with one attached hydrogen (secondary N) is 1. The summed E-state index contributed by atoms with van der Waals surface area (Å²) < 4.78 is 12.1. The minimum Gasteiger partial charge on any atom is -0.507 e. The van der Waals surface area contributed by atoms with Gasteiger partial charge in [-0.3, -0.25) is 19.6 Å². The molecule has 1 spiro atoms. The van der Waals surface area contributed by atoms with E-state index in [1.165, 1.54) is 0 Å². The lowest BCUT2D eigenvalue weighted by Gasteiger charge is -2.39. The van der Waals surface area contributed by atoms with E-state index >= 15 is 0 Å². The number of nitrogens with zero attached hydrogens (tertiary/aromatic N) is 3. The summed E-state index contributed by atoms with van der Waals surface area (Å²) in [4.78, 5) is 40.7. The number of ether oxygens (including phenoxy) is 2. The molecule has 2 aromatic rings.